The molecule has 0 bridgehead atoms. The van der Waals surface area contributed by atoms with Crippen molar-refractivity contribution in [1.82, 2.24) is 4.98 Å². The molecule has 28 heavy (non-hydrogen) atoms. The molecule has 144 valence electrons. The number of hydrogen-bond donors (Lipinski definition) is 1. The summed E-state index contributed by atoms with van der Waals surface area (Å²) < 4.78 is 5.46. The third-order valence-corrected chi connectivity index (χ3v) is 6.30. The largest absolute Gasteiger partial charge is 0.450 e. The topological polar surface area (TPSA) is 88.6 Å². The second-order valence-electron chi connectivity index (χ2n) is 6.48. The van der Waals surface area contributed by atoms with Gasteiger partial charge in [-0.05, 0) is 31.2 Å². The zero-order valence-electron chi connectivity index (χ0n) is 14.8. The van der Waals surface area contributed by atoms with Gasteiger partial charge in [0, 0.05) is 23.9 Å². The lowest BCUT2D eigenvalue weighted by molar-refractivity contribution is -0.155. The Kier molecular flexibility index (Phi) is 4.76. The van der Waals surface area contributed by atoms with Gasteiger partial charge in [0.25, 0.3) is 5.91 Å². The van der Waals surface area contributed by atoms with Crippen molar-refractivity contribution in [2.24, 2.45) is 0 Å². The number of carbonyl (C=O) groups is 3. The molecule has 1 saturated heterocycles. The molecule has 3 heterocycles. The molecule has 9 heteroatoms. The number of halogens is 1. The summed E-state index contributed by atoms with van der Waals surface area (Å²) in [5, 5.41) is 3.02. The number of carbonyl (C=O) groups excluding carboxylic acids is 3. The maximum atomic E-state index is 13.0. The van der Waals surface area contributed by atoms with Crippen LogP contribution in [-0.2, 0) is 19.1 Å². The molecule has 0 saturated carbocycles. The molecule has 2 atom stereocenters. The van der Waals surface area contributed by atoms with Gasteiger partial charge in [0.05, 0.1) is 10.7 Å². The van der Waals surface area contributed by atoms with Crippen molar-refractivity contribution in [2.75, 3.05) is 10.2 Å². The van der Waals surface area contributed by atoms with E-state index >= 15 is 0 Å². The summed E-state index contributed by atoms with van der Waals surface area (Å²) in [6.45, 7) is 1.48. The Morgan fingerprint density at radius 2 is 2.11 bits per heavy atom. The number of para-hydroxylation sites is 1. The summed E-state index contributed by atoms with van der Waals surface area (Å²) >= 11 is 7.07. The average Bonchev–Trinajstić information content (AvgIpc) is 3.19. The molecule has 0 aliphatic carbocycles. The van der Waals surface area contributed by atoms with Crippen molar-refractivity contribution >= 4 is 52.7 Å². The number of rotatable bonds is 4. The first-order valence-electron chi connectivity index (χ1n) is 8.65. The minimum atomic E-state index is -1.16. The van der Waals surface area contributed by atoms with E-state index in [9.17, 15) is 14.4 Å². The predicted octanol–water partition coefficient (Wildman–Crippen LogP) is 3.23. The molecule has 0 spiro atoms. The van der Waals surface area contributed by atoms with Crippen molar-refractivity contribution < 1.29 is 19.1 Å². The van der Waals surface area contributed by atoms with E-state index in [0.717, 1.165) is 4.90 Å². The van der Waals surface area contributed by atoms with Crippen molar-refractivity contribution in [3.05, 3.63) is 47.6 Å². The Morgan fingerprint density at radius 3 is 2.86 bits per heavy atom. The summed E-state index contributed by atoms with van der Waals surface area (Å²) in [6, 6.07) is 10.5. The molecular weight excluding hydrogens is 402 g/mol. The lowest BCUT2D eigenvalue weighted by Crippen LogP contribution is -2.49. The highest BCUT2D eigenvalue weighted by Crippen LogP contribution is 2.56. The van der Waals surface area contributed by atoms with Crippen LogP contribution in [-0.4, -0.2) is 33.7 Å². The van der Waals surface area contributed by atoms with Crippen LogP contribution in [0, 0.1) is 0 Å². The number of ether oxygens (including phenoxy) is 1. The van der Waals surface area contributed by atoms with E-state index in [1.165, 1.54) is 29.8 Å². The molecule has 2 aromatic rings. The lowest BCUT2D eigenvalue weighted by Gasteiger charge is -2.29. The molecule has 7 nitrogen and oxygen atoms in total. The third-order valence-electron chi connectivity index (χ3n) is 4.62. The Balaban J connectivity index is 1.49. The number of aromatic nitrogens is 1. The maximum Gasteiger partial charge on any atom is 0.344 e. The Morgan fingerprint density at radius 1 is 1.32 bits per heavy atom. The fraction of sp³-hybridized carbons (Fsp3) is 0.263. The van der Waals surface area contributed by atoms with Gasteiger partial charge in [0.15, 0.2) is 11.0 Å². The molecule has 0 radical (unpaired) electrons. The van der Waals surface area contributed by atoms with E-state index in [0.29, 0.717) is 22.9 Å². The van der Waals surface area contributed by atoms with Gasteiger partial charge in [-0.15, -0.1) is 0 Å². The van der Waals surface area contributed by atoms with Crippen LogP contribution in [0.3, 0.4) is 0 Å². The molecule has 2 amide bonds. The number of hydrogen-bond acceptors (Lipinski definition) is 6. The first kappa shape index (κ1) is 18.8. The van der Waals surface area contributed by atoms with Crippen molar-refractivity contribution in [3.8, 4) is 0 Å². The number of fused-ring (bicyclic) bond motifs is 3. The summed E-state index contributed by atoms with van der Waals surface area (Å²) in [6.07, 6.45) is 0.936. The molecule has 1 fully saturated rings. The molecule has 0 unspecified atom stereocenters. The monoisotopic (exact) mass is 417 g/mol. The molecular formula is C19H16ClN3O4S. The number of nitrogens with zero attached hydrogens (tertiary/aromatic N) is 2. The highest BCUT2D eigenvalue weighted by atomic mass is 35.5. The van der Waals surface area contributed by atoms with Crippen LogP contribution in [0.25, 0.3) is 0 Å². The molecule has 1 aromatic carbocycles. The first-order chi connectivity index (χ1) is 13.4. The molecule has 1 aromatic heterocycles. The lowest BCUT2D eigenvalue weighted by atomic mass is 10.2. The Labute approximate surface area is 170 Å². The highest BCUT2D eigenvalue weighted by molar-refractivity contribution is 8.02. The number of nitrogens with one attached hydrogen (secondary N) is 1. The van der Waals surface area contributed by atoms with Gasteiger partial charge in [-0.3, -0.25) is 14.5 Å². The van der Waals surface area contributed by atoms with E-state index in [-0.39, 0.29) is 12.3 Å². The number of benzene rings is 1. The fourth-order valence-electron chi connectivity index (χ4n) is 3.26. The molecule has 4 rings (SSSR count). The molecule has 1 N–H and O–H groups in total. The van der Waals surface area contributed by atoms with Gasteiger partial charge < -0.3 is 10.1 Å². The first-order valence-corrected chi connectivity index (χ1v) is 9.85. The number of amides is 2. The van der Waals surface area contributed by atoms with Crippen LogP contribution in [0.2, 0.25) is 5.02 Å². The smallest absolute Gasteiger partial charge is 0.344 e. The highest BCUT2D eigenvalue weighted by Gasteiger charge is 2.58. The van der Waals surface area contributed by atoms with Crippen LogP contribution in [0.4, 0.5) is 11.5 Å². The van der Waals surface area contributed by atoms with E-state index in [1.54, 1.807) is 12.1 Å². The fourth-order valence-corrected chi connectivity index (χ4v) is 4.77. The van der Waals surface area contributed by atoms with Crippen LogP contribution in [0.15, 0.2) is 47.5 Å². The third kappa shape index (κ3) is 3.12. The van der Waals surface area contributed by atoms with Crippen molar-refractivity contribution in [1.29, 1.82) is 0 Å². The minimum absolute atomic E-state index is 0.128. The van der Waals surface area contributed by atoms with E-state index in [2.05, 4.69) is 10.3 Å². The second kappa shape index (κ2) is 7.10. The SMILES string of the molecule is C[C@@H](OC(=O)[C@@]12CCC(=O)N1c1ccccc1S2)C(=O)Nc1ccc(Cl)cn1. The van der Waals surface area contributed by atoms with Crippen LogP contribution in [0.1, 0.15) is 19.8 Å². The number of esters is 1. The van der Waals surface area contributed by atoms with Crippen LogP contribution in [0.5, 0.6) is 0 Å². The predicted molar refractivity (Wildman–Crippen MR) is 105 cm³/mol. The average molecular weight is 418 g/mol. The van der Waals surface area contributed by atoms with E-state index < -0.39 is 22.9 Å². The summed E-state index contributed by atoms with van der Waals surface area (Å²) in [5.41, 5.74) is 0.703. The van der Waals surface area contributed by atoms with Gasteiger partial charge in [-0.1, -0.05) is 35.5 Å². The zero-order valence-corrected chi connectivity index (χ0v) is 16.4. The summed E-state index contributed by atoms with van der Waals surface area (Å²) in [7, 11) is 0. The van der Waals surface area contributed by atoms with E-state index in [1.807, 2.05) is 24.3 Å². The molecule has 2 aliphatic heterocycles. The number of anilines is 2. The normalized spacial score (nSPS) is 21.1. The summed E-state index contributed by atoms with van der Waals surface area (Å²) in [4.78, 5) is 43.0. The number of thioether (sulfide) groups is 1. The Hall–Kier alpha value is -2.58. The van der Waals surface area contributed by atoms with E-state index in [4.69, 9.17) is 16.3 Å². The standard InChI is InChI=1S/C19H16ClN3O4S/c1-11(17(25)22-15-7-6-12(20)10-21-15)27-18(26)19-9-8-16(24)23(19)13-4-2-3-5-14(13)28-19/h2-7,10-11H,8-9H2,1H3,(H,21,22,25)/t11-,19+/m1/s1. The van der Waals surface area contributed by atoms with Gasteiger partial charge in [-0.25, -0.2) is 9.78 Å². The van der Waals surface area contributed by atoms with Crippen LogP contribution >= 0.6 is 23.4 Å². The Bertz CT molecular complexity index is 968. The second-order valence-corrected chi connectivity index (χ2v) is 8.24. The quantitative estimate of drug-likeness (QED) is 0.768. The van der Waals surface area contributed by atoms with Crippen molar-refractivity contribution in [3.63, 3.8) is 0 Å². The number of pyridine rings is 1. The van der Waals surface area contributed by atoms with Gasteiger partial charge >= 0.3 is 5.97 Å². The minimum Gasteiger partial charge on any atom is -0.450 e. The summed E-state index contributed by atoms with van der Waals surface area (Å²) in [5.74, 6) is -0.949. The zero-order chi connectivity index (χ0) is 19.9. The van der Waals surface area contributed by atoms with Gasteiger partial charge in [-0.2, -0.15) is 0 Å². The van der Waals surface area contributed by atoms with Crippen LogP contribution < -0.4 is 10.2 Å². The van der Waals surface area contributed by atoms with Crippen molar-refractivity contribution in [2.45, 2.75) is 35.6 Å². The molecule has 2 aliphatic rings. The maximum absolute atomic E-state index is 13.0. The van der Waals surface area contributed by atoms with Gasteiger partial charge in [0.1, 0.15) is 5.82 Å². The van der Waals surface area contributed by atoms with Gasteiger partial charge in [0.2, 0.25) is 5.91 Å².